The summed E-state index contributed by atoms with van der Waals surface area (Å²) in [4.78, 5) is 8.34. The number of halogens is 2. The molecule has 8 heteroatoms. The highest BCUT2D eigenvalue weighted by Gasteiger charge is 2.06. The van der Waals surface area contributed by atoms with E-state index >= 15 is 0 Å². The molecule has 0 radical (unpaired) electrons. The number of benzene rings is 1. The summed E-state index contributed by atoms with van der Waals surface area (Å²) in [5.41, 5.74) is 7.28. The minimum absolute atomic E-state index is 0.203. The van der Waals surface area contributed by atoms with Gasteiger partial charge in [-0.25, -0.2) is 4.98 Å². The van der Waals surface area contributed by atoms with Crippen LogP contribution >= 0.6 is 23.2 Å². The smallest absolute Gasteiger partial charge is 0.239 e. The first-order valence-electron chi connectivity index (χ1n) is 6.44. The molecule has 2 aromatic heterocycles. The van der Waals surface area contributed by atoms with Gasteiger partial charge < -0.3 is 11.1 Å². The number of rotatable bonds is 4. The number of anilines is 2. The molecular weight excluding hydrogens is 323 g/mol. The van der Waals surface area contributed by atoms with Crippen molar-refractivity contribution in [3.63, 3.8) is 0 Å². The number of hydrogen-bond donors (Lipinski definition) is 3. The molecule has 0 aliphatic heterocycles. The third-order valence-corrected chi connectivity index (χ3v) is 3.60. The monoisotopic (exact) mass is 334 g/mol. The first kappa shape index (κ1) is 14.6. The molecule has 0 amide bonds. The highest BCUT2D eigenvalue weighted by molar-refractivity contribution is 6.35. The standard InChI is InChI=1S/C14H12Cl2N6/c15-10-2-1-9(11(16)6-10)7-19-12-5-8(3-4-18-12)13-20-14(17)22-21-13/h1-6H,7H2,(H,18,19)(H3,17,20,21,22). The minimum atomic E-state index is 0.203. The fourth-order valence-electron chi connectivity index (χ4n) is 1.93. The molecule has 0 aliphatic carbocycles. The van der Waals surface area contributed by atoms with E-state index in [4.69, 9.17) is 28.9 Å². The molecule has 0 bridgehead atoms. The minimum Gasteiger partial charge on any atom is -0.366 e. The molecule has 3 rings (SSSR count). The van der Waals surface area contributed by atoms with Crippen molar-refractivity contribution in [2.45, 2.75) is 6.54 Å². The van der Waals surface area contributed by atoms with E-state index in [0.29, 0.717) is 28.2 Å². The van der Waals surface area contributed by atoms with Gasteiger partial charge in [-0.15, -0.1) is 5.10 Å². The van der Waals surface area contributed by atoms with E-state index in [9.17, 15) is 0 Å². The summed E-state index contributed by atoms with van der Waals surface area (Å²) in [5, 5.41) is 11.0. The van der Waals surface area contributed by atoms with Crippen LogP contribution < -0.4 is 11.1 Å². The molecule has 6 nitrogen and oxygen atoms in total. The Morgan fingerprint density at radius 2 is 2.05 bits per heavy atom. The zero-order valence-electron chi connectivity index (χ0n) is 11.3. The highest BCUT2D eigenvalue weighted by atomic mass is 35.5. The summed E-state index contributed by atoms with van der Waals surface area (Å²) in [6.45, 7) is 0.533. The van der Waals surface area contributed by atoms with Crippen LogP contribution in [0.5, 0.6) is 0 Å². The van der Waals surface area contributed by atoms with Gasteiger partial charge in [-0.05, 0) is 29.8 Å². The maximum atomic E-state index is 6.14. The largest absolute Gasteiger partial charge is 0.366 e. The molecule has 22 heavy (non-hydrogen) atoms. The van der Waals surface area contributed by atoms with Gasteiger partial charge in [0.15, 0.2) is 5.82 Å². The highest BCUT2D eigenvalue weighted by Crippen LogP contribution is 2.22. The molecular formula is C14H12Cl2N6. The van der Waals surface area contributed by atoms with Gasteiger partial charge in [-0.1, -0.05) is 29.3 Å². The van der Waals surface area contributed by atoms with Crippen LogP contribution in [0.15, 0.2) is 36.5 Å². The van der Waals surface area contributed by atoms with Crippen molar-refractivity contribution in [1.82, 2.24) is 20.2 Å². The Kier molecular flexibility index (Phi) is 4.13. The van der Waals surface area contributed by atoms with E-state index in [2.05, 4.69) is 25.5 Å². The van der Waals surface area contributed by atoms with E-state index in [1.54, 1.807) is 18.3 Å². The Morgan fingerprint density at radius 3 is 2.77 bits per heavy atom. The molecule has 2 heterocycles. The summed E-state index contributed by atoms with van der Waals surface area (Å²) in [7, 11) is 0. The molecule has 3 aromatic rings. The maximum Gasteiger partial charge on any atom is 0.239 e. The average molecular weight is 335 g/mol. The van der Waals surface area contributed by atoms with Crippen LogP contribution in [0.1, 0.15) is 5.56 Å². The van der Waals surface area contributed by atoms with Gasteiger partial charge in [0.05, 0.1) is 0 Å². The molecule has 0 unspecified atom stereocenters. The summed E-state index contributed by atoms with van der Waals surface area (Å²) >= 11 is 12.0. The van der Waals surface area contributed by atoms with Crippen molar-refractivity contribution in [1.29, 1.82) is 0 Å². The predicted molar refractivity (Wildman–Crippen MR) is 87.8 cm³/mol. The van der Waals surface area contributed by atoms with E-state index in [1.807, 2.05) is 18.2 Å². The van der Waals surface area contributed by atoms with Crippen molar-refractivity contribution in [2.24, 2.45) is 0 Å². The third kappa shape index (κ3) is 3.29. The van der Waals surface area contributed by atoms with Crippen molar-refractivity contribution in [3.05, 3.63) is 52.1 Å². The van der Waals surface area contributed by atoms with Crippen LogP contribution in [0.3, 0.4) is 0 Å². The topological polar surface area (TPSA) is 92.5 Å². The second-order valence-electron chi connectivity index (χ2n) is 4.56. The Hall–Kier alpha value is -2.31. The number of hydrogen-bond acceptors (Lipinski definition) is 5. The van der Waals surface area contributed by atoms with Crippen LogP contribution in [0, 0.1) is 0 Å². The van der Waals surface area contributed by atoms with Gasteiger partial charge >= 0.3 is 0 Å². The lowest BCUT2D eigenvalue weighted by Crippen LogP contribution is -2.02. The summed E-state index contributed by atoms with van der Waals surface area (Å²) < 4.78 is 0. The van der Waals surface area contributed by atoms with E-state index in [1.165, 1.54) is 0 Å². The zero-order valence-corrected chi connectivity index (χ0v) is 12.9. The second-order valence-corrected chi connectivity index (χ2v) is 5.40. The Morgan fingerprint density at radius 1 is 1.18 bits per heavy atom. The maximum absolute atomic E-state index is 6.14. The van der Waals surface area contributed by atoms with Gasteiger partial charge in [0.25, 0.3) is 0 Å². The average Bonchev–Trinajstić information content (AvgIpc) is 2.93. The van der Waals surface area contributed by atoms with E-state index < -0.39 is 0 Å². The molecule has 1 aromatic carbocycles. The van der Waals surface area contributed by atoms with E-state index in [-0.39, 0.29) is 5.95 Å². The molecule has 0 aliphatic rings. The number of nitrogens with zero attached hydrogens (tertiary/aromatic N) is 3. The number of nitrogens with one attached hydrogen (secondary N) is 2. The Labute approximate surface area is 136 Å². The SMILES string of the molecule is Nc1n[nH]c(-c2ccnc(NCc3ccc(Cl)cc3Cl)c2)n1. The quantitative estimate of drug-likeness (QED) is 0.680. The van der Waals surface area contributed by atoms with Crippen LogP contribution in [-0.2, 0) is 6.54 Å². The molecule has 0 spiro atoms. The molecule has 112 valence electrons. The van der Waals surface area contributed by atoms with Gasteiger partial charge in [0, 0.05) is 28.4 Å². The van der Waals surface area contributed by atoms with Crippen LogP contribution in [0.4, 0.5) is 11.8 Å². The van der Waals surface area contributed by atoms with Crippen molar-refractivity contribution >= 4 is 35.0 Å². The number of nitrogens with two attached hydrogens (primary N) is 1. The van der Waals surface area contributed by atoms with Gasteiger partial charge in [-0.2, -0.15) is 4.98 Å². The number of aromatic nitrogens is 4. The fourth-order valence-corrected chi connectivity index (χ4v) is 2.40. The summed E-state index contributed by atoms with van der Waals surface area (Å²) in [6, 6.07) is 9.05. The Bertz CT molecular complexity index is 802. The number of H-pyrrole nitrogens is 1. The lowest BCUT2D eigenvalue weighted by Gasteiger charge is -2.08. The van der Waals surface area contributed by atoms with Gasteiger partial charge in [0.2, 0.25) is 5.95 Å². The molecule has 0 fully saturated rings. The normalized spacial score (nSPS) is 10.6. The molecule has 0 atom stereocenters. The van der Waals surface area contributed by atoms with Crippen molar-refractivity contribution < 1.29 is 0 Å². The molecule has 4 N–H and O–H groups in total. The lowest BCUT2D eigenvalue weighted by molar-refractivity contribution is 1.09. The number of pyridine rings is 1. The number of nitrogen functional groups attached to an aromatic ring is 1. The first-order valence-corrected chi connectivity index (χ1v) is 7.19. The van der Waals surface area contributed by atoms with Crippen molar-refractivity contribution in [3.8, 4) is 11.4 Å². The summed E-state index contributed by atoms with van der Waals surface area (Å²) in [5.74, 6) is 1.49. The lowest BCUT2D eigenvalue weighted by atomic mass is 10.2. The van der Waals surface area contributed by atoms with Crippen molar-refractivity contribution in [2.75, 3.05) is 11.1 Å². The first-order chi connectivity index (χ1) is 10.6. The van der Waals surface area contributed by atoms with Gasteiger partial charge in [0.1, 0.15) is 5.82 Å². The van der Waals surface area contributed by atoms with Crippen LogP contribution in [0.25, 0.3) is 11.4 Å². The van der Waals surface area contributed by atoms with Crippen LogP contribution in [0.2, 0.25) is 10.0 Å². The number of aromatic amines is 1. The van der Waals surface area contributed by atoms with E-state index in [0.717, 1.165) is 11.1 Å². The Balaban J connectivity index is 1.75. The third-order valence-electron chi connectivity index (χ3n) is 3.01. The summed E-state index contributed by atoms with van der Waals surface area (Å²) in [6.07, 6.45) is 1.68. The zero-order chi connectivity index (χ0) is 15.5. The molecule has 0 saturated heterocycles. The predicted octanol–water partition coefficient (Wildman–Crippen LogP) is 3.37. The van der Waals surface area contributed by atoms with Crippen LogP contribution in [-0.4, -0.2) is 20.2 Å². The molecule has 0 saturated carbocycles. The van der Waals surface area contributed by atoms with Gasteiger partial charge in [-0.3, -0.25) is 5.10 Å². The fraction of sp³-hybridized carbons (Fsp3) is 0.0714. The second kappa shape index (κ2) is 6.21.